The lowest BCUT2D eigenvalue weighted by Crippen LogP contribution is -2.25. The van der Waals surface area contributed by atoms with Gasteiger partial charge in [-0.3, -0.25) is 24.3 Å². The van der Waals surface area contributed by atoms with Crippen LogP contribution in [0, 0.1) is 10.1 Å². The molecule has 0 saturated heterocycles. The summed E-state index contributed by atoms with van der Waals surface area (Å²) in [5.41, 5.74) is 0.828. The first-order valence-corrected chi connectivity index (χ1v) is 11.8. The summed E-state index contributed by atoms with van der Waals surface area (Å²) in [7, 11) is 3.03. The van der Waals surface area contributed by atoms with Gasteiger partial charge in [-0.2, -0.15) is 0 Å². The number of methoxy groups -OCH3 is 1. The standard InChI is InChI=1S/C23H20N4O5S2/c1-13(20(28)24-17-11-15(27(30)31)9-10-18(17)32-3)33-23-25-21-16(22(29)26(23)2)12-19(34-21)14-7-5-4-6-8-14/h4-13H,1-3H3,(H,24,28). The number of nitrogens with one attached hydrogen (secondary N) is 1. The topological polar surface area (TPSA) is 116 Å². The van der Waals surface area contributed by atoms with Crippen molar-refractivity contribution in [1.82, 2.24) is 9.55 Å². The van der Waals surface area contributed by atoms with Gasteiger partial charge in [-0.25, -0.2) is 4.98 Å². The summed E-state index contributed by atoms with van der Waals surface area (Å²) in [5.74, 6) is -0.107. The molecule has 4 rings (SSSR count). The first-order valence-electron chi connectivity index (χ1n) is 10.1. The number of nitrogens with zero attached hydrogens (tertiary/aromatic N) is 3. The van der Waals surface area contributed by atoms with Crippen LogP contribution in [0.25, 0.3) is 20.7 Å². The summed E-state index contributed by atoms with van der Waals surface area (Å²) >= 11 is 2.54. The molecule has 0 bridgehead atoms. The minimum Gasteiger partial charge on any atom is -0.495 e. The molecule has 34 heavy (non-hydrogen) atoms. The number of hydrogen-bond donors (Lipinski definition) is 1. The minimum absolute atomic E-state index is 0.169. The Bertz CT molecular complexity index is 1450. The number of nitro groups is 1. The van der Waals surface area contributed by atoms with Gasteiger partial charge < -0.3 is 10.1 Å². The van der Waals surface area contributed by atoms with Gasteiger partial charge in [0.2, 0.25) is 5.91 Å². The molecule has 0 saturated carbocycles. The molecule has 1 N–H and O–H groups in total. The molecular weight excluding hydrogens is 476 g/mol. The fourth-order valence-corrected chi connectivity index (χ4v) is 5.20. The van der Waals surface area contributed by atoms with Crippen molar-refractivity contribution in [3.05, 3.63) is 75.1 Å². The highest BCUT2D eigenvalue weighted by Gasteiger charge is 2.21. The molecule has 1 atom stereocenters. The number of thioether (sulfide) groups is 1. The molecule has 9 nitrogen and oxygen atoms in total. The molecule has 0 aliphatic heterocycles. The quantitative estimate of drug-likeness (QED) is 0.171. The van der Waals surface area contributed by atoms with Crippen molar-refractivity contribution in [2.75, 3.05) is 12.4 Å². The number of nitro benzene ring substituents is 1. The third-order valence-electron chi connectivity index (χ3n) is 5.09. The van der Waals surface area contributed by atoms with E-state index in [1.165, 1.54) is 41.2 Å². The molecule has 2 aromatic carbocycles. The van der Waals surface area contributed by atoms with Gasteiger partial charge >= 0.3 is 0 Å². The van der Waals surface area contributed by atoms with Crippen LogP contribution in [0.1, 0.15) is 6.92 Å². The largest absolute Gasteiger partial charge is 0.495 e. The Balaban J connectivity index is 1.59. The zero-order valence-electron chi connectivity index (χ0n) is 18.5. The van der Waals surface area contributed by atoms with Gasteiger partial charge in [-0.15, -0.1) is 11.3 Å². The number of fused-ring (bicyclic) bond motifs is 1. The van der Waals surface area contributed by atoms with Gasteiger partial charge in [0.25, 0.3) is 11.2 Å². The second-order valence-electron chi connectivity index (χ2n) is 7.35. The summed E-state index contributed by atoms with van der Waals surface area (Å²) < 4.78 is 6.62. The maximum Gasteiger partial charge on any atom is 0.271 e. The van der Waals surface area contributed by atoms with Gasteiger partial charge in [0.1, 0.15) is 10.6 Å². The van der Waals surface area contributed by atoms with Crippen LogP contribution in [0.15, 0.2) is 64.5 Å². The van der Waals surface area contributed by atoms with Crippen LogP contribution < -0.4 is 15.6 Å². The van der Waals surface area contributed by atoms with Crippen molar-refractivity contribution >= 4 is 50.6 Å². The summed E-state index contributed by atoms with van der Waals surface area (Å²) in [5, 5.41) is 14.0. The van der Waals surface area contributed by atoms with Crippen molar-refractivity contribution in [2.45, 2.75) is 17.3 Å². The molecule has 4 aromatic rings. The molecule has 0 aliphatic rings. The molecule has 174 valence electrons. The summed E-state index contributed by atoms with van der Waals surface area (Å²) in [6.45, 7) is 1.67. The summed E-state index contributed by atoms with van der Waals surface area (Å²) in [6.07, 6.45) is 0. The molecule has 0 spiro atoms. The van der Waals surface area contributed by atoms with E-state index in [0.717, 1.165) is 22.2 Å². The highest BCUT2D eigenvalue weighted by molar-refractivity contribution is 8.00. The Hall–Kier alpha value is -3.70. The second-order valence-corrected chi connectivity index (χ2v) is 9.68. The average molecular weight is 497 g/mol. The Kier molecular flexibility index (Phi) is 6.66. The number of carbonyl (C=O) groups excluding carboxylic acids is 1. The zero-order valence-corrected chi connectivity index (χ0v) is 20.1. The predicted molar refractivity (Wildman–Crippen MR) is 134 cm³/mol. The SMILES string of the molecule is COc1ccc([N+](=O)[O-])cc1NC(=O)C(C)Sc1nc2sc(-c3ccccc3)cc2c(=O)n1C. The summed E-state index contributed by atoms with van der Waals surface area (Å²) in [6, 6.07) is 15.5. The third kappa shape index (κ3) is 4.66. The van der Waals surface area contributed by atoms with Crippen molar-refractivity contribution in [2.24, 2.45) is 7.05 Å². The molecular formula is C23H20N4O5S2. The fraction of sp³-hybridized carbons (Fsp3) is 0.174. The smallest absolute Gasteiger partial charge is 0.271 e. The average Bonchev–Trinajstić information content (AvgIpc) is 3.27. The zero-order chi connectivity index (χ0) is 24.4. The van der Waals surface area contributed by atoms with E-state index in [1.807, 2.05) is 36.4 Å². The number of rotatable bonds is 7. The number of thiophene rings is 1. The Morgan fingerprint density at radius 2 is 1.97 bits per heavy atom. The lowest BCUT2D eigenvalue weighted by molar-refractivity contribution is -0.384. The molecule has 0 aliphatic carbocycles. The number of carbonyl (C=O) groups is 1. The van der Waals surface area contributed by atoms with E-state index in [-0.39, 0.29) is 16.9 Å². The van der Waals surface area contributed by atoms with Crippen LogP contribution in [-0.2, 0) is 11.8 Å². The molecule has 1 amide bonds. The number of anilines is 1. The van der Waals surface area contributed by atoms with Crippen molar-refractivity contribution < 1.29 is 14.5 Å². The highest BCUT2D eigenvalue weighted by Crippen LogP contribution is 2.33. The maximum absolute atomic E-state index is 13.0. The molecule has 2 heterocycles. The summed E-state index contributed by atoms with van der Waals surface area (Å²) in [4.78, 5) is 42.5. The normalized spacial score (nSPS) is 11.9. The second kappa shape index (κ2) is 9.65. The molecule has 11 heteroatoms. The van der Waals surface area contributed by atoms with Gasteiger partial charge in [-0.05, 0) is 24.6 Å². The van der Waals surface area contributed by atoms with Crippen LogP contribution >= 0.6 is 23.1 Å². The van der Waals surface area contributed by atoms with E-state index in [1.54, 1.807) is 14.0 Å². The maximum atomic E-state index is 13.0. The first kappa shape index (κ1) is 23.5. The van der Waals surface area contributed by atoms with Crippen LogP contribution in [0.2, 0.25) is 0 Å². The predicted octanol–water partition coefficient (Wildman–Crippen LogP) is 4.70. The van der Waals surface area contributed by atoms with Gasteiger partial charge in [0.05, 0.1) is 28.4 Å². The highest BCUT2D eigenvalue weighted by atomic mass is 32.2. The Morgan fingerprint density at radius 3 is 2.65 bits per heavy atom. The lowest BCUT2D eigenvalue weighted by atomic mass is 10.2. The molecule has 1 unspecified atom stereocenters. The van der Waals surface area contributed by atoms with Gasteiger partial charge in [0.15, 0.2) is 5.16 Å². The molecule has 0 radical (unpaired) electrons. The van der Waals surface area contributed by atoms with Crippen LogP contribution in [0.5, 0.6) is 5.75 Å². The van der Waals surface area contributed by atoms with Crippen LogP contribution in [0.3, 0.4) is 0 Å². The van der Waals surface area contributed by atoms with E-state index in [4.69, 9.17) is 4.74 Å². The van der Waals surface area contributed by atoms with E-state index < -0.39 is 16.1 Å². The Labute approximate surface area is 202 Å². The molecule has 2 aromatic heterocycles. The van der Waals surface area contributed by atoms with E-state index in [0.29, 0.717) is 21.1 Å². The van der Waals surface area contributed by atoms with Crippen LogP contribution in [-0.4, -0.2) is 32.7 Å². The lowest BCUT2D eigenvalue weighted by Gasteiger charge is -2.15. The van der Waals surface area contributed by atoms with Gasteiger partial charge in [-0.1, -0.05) is 42.1 Å². The minimum atomic E-state index is -0.645. The first-order chi connectivity index (χ1) is 16.3. The van der Waals surface area contributed by atoms with Gasteiger partial charge in [0, 0.05) is 24.1 Å². The number of benzene rings is 2. The Morgan fingerprint density at radius 1 is 1.24 bits per heavy atom. The van der Waals surface area contributed by atoms with Crippen molar-refractivity contribution in [3.63, 3.8) is 0 Å². The third-order valence-corrected chi connectivity index (χ3v) is 7.31. The molecule has 0 fully saturated rings. The van der Waals surface area contributed by atoms with Crippen molar-refractivity contribution in [3.8, 4) is 16.2 Å². The van der Waals surface area contributed by atoms with E-state index in [2.05, 4.69) is 10.3 Å². The number of aromatic nitrogens is 2. The number of hydrogen-bond acceptors (Lipinski definition) is 8. The fourth-order valence-electron chi connectivity index (χ4n) is 3.25. The van der Waals surface area contributed by atoms with Crippen LogP contribution in [0.4, 0.5) is 11.4 Å². The monoisotopic (exact) mass is 496 g/mol. The van der Waals surface area contributed by atoms with E-state index >= 15 is 0 Å². The van der Waals surface area contributed by atoms with E-state index in [9.17, 15) is 19.7 Å². The number of non-ortho nitro benzene ring substituents is 1. The number of amides is 1. The number of ether oxygens (including phenoxy) is 1. The van der Waals surface area contributed by atoms with Crippen molar-refractivity contribution in [1.29, 1.82) is 0 Å².